The van der Waals surface area contributed by atoms with Crippen molar-refractivity contribution in [2.75, 3.05) is 11.9 Å². The minimum absolute atomic E-state index is 0.0633. The van der Waals surface area contributed by atoms with E-state index in [1.165, 1.54) is 10.4 Å². The summed E-state index contributed by atoms with van der Waals surface area (Å²) in [5.74, 6) is 1.07. The average molecular weight is 401 g/mol. The third-order valence-electron chi connectivity index (χ3n) is 5.91. The molecule has 0 spiro atoms. The summed E-state index contributed by atoms with van der Waals surface area (Å²) in [6.45, 7) is 9.24. The number of carbonyl (C=O) groups excluding carboxylic acids is 1. The molecule has 1 aromatic heterocycles. The second kappa shape index (κ2) is 6.99. The van der Waals surface area contributed by atoms with Crippen LogP contribution in [0.5, 0.6) is 11.5 Å². The number of ether oxygens (including phenoxy) is 1. The fourth-order valence-corrected chi connectivity index (χ4v) is 5.59. The van der Waals surface area contributed by atoms with Crippen molar-refractivity contribution in [3.05, 3.63) is 39.8 Å². The summed E-state index contributed by atoms with van der Waals surface area (Å²) >= 11 is 1.70. The molecule has 1 aromatic carbocycles. The zero-order valence-corrected chi connectivity index (χ0v) is 17.7. The van der Waals surface area contributed by atoms with Gasteiger partial charge in [-0.15, -0.1) is 11.3 Å². The number of benzene rings is 1. The van der Waals surface area contributed by atoms with Gasteiger partial charge in [0.25, 0.3) is 5.91 Å². The fraction of sp³-hybridized carbons (Fsp3) is 0.500. The smallest absolute Gasteiger partial charge is 0.256 e. The lowest BCUT2D eigenvalue weighted by atomic mass is 9.72. The molecule has 0 unspecified atom stereocenters. The Morgan fingerprint density at radius 1 is 1.29 bits per heavy atom. The lowest BCUT2D eigenvalue weighted by molar-refractivity contribution is 0.0934. The molecule has 5 nitrogen and oxygen atoms in total. The van der Waals surface area contributed by atoms with Gasteiger partial charge in [-0.2, -0.15) is 0 Å². The van der Waals surface area contributed by atoms with Crippen molar-refractivity contribution in [1.82, 2.24) is 5.32 Å². The number of para-hydroxylation sites is 1. The van der Waals surface area contributed by atoms with Crippen LogP contribution in [0.4, 0.5) is 5.00 Å². The number of nitrogens with one attached hydrogen (secondary N) is 2. The number of phenols is 1. The third-order valence-corrected chi connectivity index (χ3v) is 7.09. The first kappa shape index (κ1) is 19.1. The summed E-state index contributed by atoms with van der Waals surface area (Å²) in [6.07, 6.45) is 2.63. The van der Waals surface area contributed by atoms with Crippen LogP contribution in [0.1, 0.15) is 66.6 Å². The summed E-state index contributed by atoms with van der Waals surface area (Å²) < 4.78 is 5.49. The van der Waals surface area contributed by atoms with Crippen LogP contribution >= 0.6 is 11.3 Å². The molecule has 0 radical (unpaired) electrons. The van der Waals surface area contributed by atoms with Gasteiger partial charge in [-0.3, -0.25) is 4.79 Å². The lowest BCUT2D eigenvalue weighted by Gasteiger charge is -2.34. The van der Waals surface area contributed by atoms with E-state index in [2.05, 4.69) is 31.4 Å². The molecular weight excluding hydrogens is 372 g/mol. The van der Waals surface area contributed by atoms with Gasteiger partial charge < -0.3 is 20.5 Å². The Kier molecular flexibility index (Phi) is 4.78. The van der Waals surface area contributed by atoms with Crippen molar-refractivity contribution in [3.8, 4) is 11.5 Å². The van der Waals surface area contributed by atoms with E-state index in [-0.39, 0.29) is 17.1 Å². The Balaban J connectivity index is 1.65. The molecule has 1 aliphatic carbocycles. The number of phenolic OH excluding ortho intramolecular Hbond substituents is 1. The van der Waals surface area contributed by atoms with Crippen LogP contribution in [0.2, 0.25) is 0 Å². The molecule has 0 saturated carbocycles. The molecule has 1 aliphatic heterocycles. The summed E-state index contributed by atoms with van der Waals surface area (Å²) in [5, 5.41) is 17.9. The Morgan fingerprint density at radius 3 is 2.79 bits per heavy atom. The highest BCUT2D eigenvalue weighted by Gasteiger charge is 2.37. The summed E-state index contributed by atoms with van der Waals surface area (Å²) in [5.41, 5.74) is 2.88. The zero-order chi connectivity index (χ0) is 20.1. The SMILES string of the molecule is CCOc1cccc([C@@H]2NC(=O)c3c(sc4c3CC[C@H](C(C)(C)C)C4)N2)c1O. The number of anilines is 1. The van der Waals surface area contributed by atoms with E-state index < -0.39 is 6.17 Å². The van der Waals surface area contributed by atoms with Crippen molar-refractivity contribution < 1.29 is 14.6 Å². The molecule has 2 aliphatic rings. The number of carbonyl (C=O) groups is 1. The molecule has 2 heterocycles. The topological polar surface area (TPSA) is 70.6 Å². The molecule has 6 heteroatoms. The number of hydrogen-bond acceptors (Lipinski definition) is 5. The number of thiophene rings is 1. The van der Waals surface area contributed by atoms with Gasteiger partial charge in [0.2, 0.25) is 0 Å². The predicted molar refractivity (Wildman–Crippen MR) is 112 cm³/mol. The molecule has 4 rings (SSSR count). The van der Waals surface area contributed by atoms with Gasteiger partial charge >= 0.3 is 0 Å². The van der Waals surface area contributed by atoms with Gasteiger partial charge in [-0.05, 0) is 49.1 Å². The Morgan fingerprint density at radius 2 is 2.07 bits per heavy atom. The Bertz CT molecular complexity index is 913. The molecule has 1 amide bonds. The molecule has 28 heavy (non-hydrogen) atoms. The van der Waals surface area contributed by atoms with E-state index in [9.17, 15) is 9.90 Å². The molecular formula is C22H28N2O3S. The first-order chi connectivity index (χ1) is 13.3. The van der Waals surface area contributed by atoms with Crippen LogP contribution in [0.15, 0.2) is 18.2 Å². The monoisotopic (exact) mass is 400 g/mol. The summed E-state index contributed by atoms with van der Waals surface area (Å²) in [6, 6.07) is 5.37. The second-order valence-corrected chi connectivity index (χ2v) is 9.80. The van der Waals surface area contributed by atoms with Gasteiger partial charge in [0.15, 0.2) is 11.5 Å². The van der Waals surface area contributed by atoms with E-state index in [0.29, 0.717) is 23.8 Å². The van der Waals surface area contributed by atoms with Crippen molar-refractivity contribution in [3.63, 3.8) is 0 Å². The number of amides is 1. The highest BCUT2D eigenvalue weighted by atomic mass is 32.1. The van der Waals surface area contributed by atoms with E-state index in [4.69, 9.17) is 4.74 Å². The first-order valence-electron chi connectivity index (χ1n) is 9.96. The maximum atomic E-state index is 12.9. The number of fused-ring (bicyclic) bond motifs is 3. The van der Waals surface area contributed by atoms with Crippen LogP contribution in [0.3, 0.4) is 0 Å². The Hall–Kier alpha value is -2.21. The fourth-order valence-electron chi connectivity index (χ4n) is 4.24. The lowest BCUT2D eigenvalue weighted by Crippen LogP contribution is -2.38. The highest BCUT2D eigenvalue weighted by molar-refractivity contribution is 7.16. The zero-order valence-electron chi connectivity index (χ0n) is 16.9. The number of rotatable bonds is 3. The maximum absolute atomic E-state index is 12.9. The van der Waals surface area contributed by atoms with Crippen LogP contribution < -0.4 is 15.4 Å². The number of hydrogen-bond donors (Lipinski definition) is 3. The van der Waals surface area contributed by atoms with Crippen LogP contribution in [0.25, 0.3) is 0 Å². The minimum Gasteiger partial charge on any atom is -0.504 e. The van der Waals surface area contributed by atoms with Gasteiger partial charge in [-0.25, -0.2) is 0 Å². The molecule has 150 valence electrons. The molecule has 3 N–H and O–H groups in total. The molecule has 2 aromatic rings. The second-order valence-electron chi connectivity index (χ2n) is 8.69. The van der Waals surface area contributed by atoms with Crippen molar-refractivity contribution >= 4 is 22.2 Å². The minimum atomic E-state index is -0.473. The third kappa shape index (κ3) is 3.24. The van der Waals surface area contributed by atoms with Gasteiger partial charge in [0.1, 0.15) is 11.2 Å². The van der Waals surface area contributed by atoms with Crippen LogP contribution in [-0.2, 0) is 12.8 Å². The normalized spacial score (nSPS) is 21.4. The first-order valence-corrected chi connectivity index (χ1v) is 10.8. The van der Waals surface area contributed by atoms with E-state index in [0.717, 1.165) is 29.8 Å². The quantitative estimate of drug-likeness (QED) is 0.688. The number of aromatic hydroxyl groups is 1. The van der Waals surface area contributed by atoms with Gasteiger partial charge in [0.05, 0.1) is 12.2 Å². The van der Waals surface area contributed by atoms with Crippen molar-refractivity contribution in [2.24, 2.45) is 11.3 Å². The Labute approximate surface area is 170 Å². The molecule has 0 saturated heterocycles. The highest BCUT2D eigenvalue weighted by Crippen LogP contribution is 2.46. The largest absolute Gasteiger partial charge is 0.504 e. The summed E-state index contributed by atoms with van der Waals surface area (Å²) in [4.78, 5) is 14.3. The molecule has 2 atom stereocenters. The average Bonchev–Trinajstić information content (AvgIpc) is 3.01. The molecule has 0 fully saturated rings. The van der Waals surface area contributed by atoms with Gasteiger partial charge in [0, 0.05) is 10.4 Å². The van der Waals surface area contributed by atoms with Crippen LogP contribution in [-0.4, -0.2) is 17.6 Å². The van der Waals surface area contributed by atoms with E-state index in [1.807, 2.05) is 19.1 Å². The van der Waals surface area contributed by atoms with Crippen LogP contribution in [0, 0.1) is 11.3 Å². The van der Waals surface area contributed by atoms with E-state index in [1.54, 1.807) is 17.4 Å². The predicted octanol–water partition coefficient (Wildman–Crippen LogP) is 4.86. The maximum Gasteiger partial charge on any atom is 0.256 e. The van der Waals surface area contributed by atoms with Crippen molar-refractivity contribution in [2.45, 2.75) is 53.1 Å². The van der Waals surface area contributed by atoms with Gasteiger partial charge in [-0.1, -0.05) is 32.9 Å². The standard InChI is InChI=1S/C22H28N2O3S/c1-5-27-15-8-6-7-14(18(15)25)19-23-20(26)17-13-10-9-12(22(2,3)4)11-16(13)28-21(17)24-19/h6-8,12,19,24-25H,5,9-11H2,1-4H3,(H,23,26)/t12-,19+/m0/s1. The summed E-state index contributed by atoms with van der Waals surface area (Å²) in [7, 11) is 0. The van der Waals surface area contributed by atoms with E-state index >= 15 is 0 Å². The molecule has 0 bridgehead atoms. The van der Waals surface area contributed by atoms with Crippen molar-refractivity contribution in [1.29, 1.82) is 0 Å².